The van der Waals surface area contributed by atoms with E-state index >= 15 is 0 Å². The molecule has 29 heavy (non-hydrogen) atoms. The molecule has 0 atom stereocenters. The molecule has 0 unspecified atom stereocenters. The summed E-state index contributed by atoms with van der Waals surface area (Å²) in [5, 5.41) is 6.78. The van der Waals surface area contributed by atoms with Gasteiger partial charge >= 0.3 is 0 Å². The van der Waals surface area contributed by atoms with Crippen molar-refractivity contribution in [3.8, 4) is 5.75 Å². The number of guanidine groups is 1. The van der Waals surface area contributed by atoms with Crippen LogP contribution < -0.4 is 15.4 Å². The van der Waals surface area contributed by atoms with Crippen molar-refractivity contribution in [2.45, 2.75) is 46.5 Å². The topological polar surface area (TPSA) is 48.9 Å². The molecule has 0 amide bonds. The van der Waals surface area contributed by atoms with Gasteiger partial charge in [0.2, 0.25) is 0 Å². The van der Waals surface area contributed by atoms with Gasteiger partial charge in [-0.1, -0.05) is 36.4 Å². The van der Waals surface area contributed by atoms with Crippen LogP contribution in [0.5, 0.6) is 5.75 Å². The average molecular weight is 510 g/mol. The third-order valence-corrected chi connectivity index (χ3v) is 4.21. The van der Waals surface area contributed by atoms with E-state index in [9.17, 15) is 0 Å². The standard InChI is InChI=1S/C23H34N4O.HI/c1-17(2)28-22-12-18(3)10-11-21(22)15-26-23(24-4)25-14-19-8-7-9-20(13-19)16-27(5)6;/h7-13,17H,14-16H2,1-6H3,(H2,24,25,26);1H. The molecule has 6 heteroatoms. The van der Waals surface area contributed by atoms with Crippen LogP contribution in [0.15, 0.2) is 47.5 Å². The second kappa shape index (κ2) is 12.7. The average Bonchev–Trinajstić information content (AvgIpc) is 2.62. The maximum atomic E-state index is 5.96. The Bertz CT molecular complexity index is 790. The highest BCUT2D eigenvalue weighted by Gasteiger charge is 2.08. The number of nitrogens with one attached hydrogen (secondary N) is 2. The molecule has 0 saturated carbocycles. The van der Waals surface area contributed by atoms with E-state index in [4.69, 9.17) is 4.74 Å². The maximum Gasteiger partial charge on any atom is 0.191 e. The normalized spacial score (nSPS) is 11.4. The summed E-state index contributed by atoms with van der Waals surface area (Å²) in [5.41, 5.74) is 4.86. The van der Waals surface area contributed by atoms with Crippen LogP contribution in [0.3, 0.4) is 0 Å². The molecule has 0 heterocycles. The molecule has 0 fully saturated rings. The Morgan fingerprint density at radius 3 is 2.38 bits per heavy atom. The molecule has 5 nitrogen and oxygen atoms in total. The van der Waals surface area contributed by atoms with E-state index in [0.29, 0.717) is 6.54 Å². The highest BCUT2D eigenvalue weighted by Crippen LogP contribution is 2.21. The zero-order chi connectivity index (χ0) is 20.5. The minimum atomic E-state index is 0. The smallest absolute Gasteiger partial charge is 0.191 e. The first-order chi connectivity index (χ1) is 13.4. The van der Waals surface area contributed by atoms with Gasteiger partial charge in [0, 0.05) is 32.2 Å². The van der Waals surface area contributed by atoms with Crippen LogP contribution in [-0.4, -0.2) is 38.1 Å². The lowest BCUT2D eigenvalue weighted by molar-refractivity contribution is 0.239. The van der Waals surface area contributed by atoms with Crippen molar-refractivity contribution in [3.63, 3.8) is 0 Å². The second-order valence-corrected chi connectivity index (χ2v) is 7.61. The summed E-state index contributed by atoms with van der Waals surface area (Å²) in [4.78, 5) is 6.51. The summed E-state index contributed by atoms with van der Waals surface area (Å²) in [6.07, 6.45) is 0.146. The lowest BCUT2D eigenvalue weighted by Gasteiger charge is -2.17. The Hall–Kier alpha value is -1.80. The van der Waals surface area contributed by atoms with Crippen molar-refractivity contribution < 1.29 is 4.74 Å². The minimum absolute atomic E-state index is 0. The van der Waals surface area contributed by atoms with Gasteiger partial charge in [0.1, 0.15) is 5.75 Å². The predicted octanol–water partition coefficient (Wildman–Crippen LogP) is 4.33. The van der Waals surface area contributed by atoms with Crippen LogP contribution in [0.1, 0.15) is 36.1 Å². The van der Waals surface area contributed by atoms with Gasteiger partial charge < -0.3 is 20.3 Å². The lowest BCUT2D eigenvalue weighted by Crippen LogP contribution is -2.36. The second-order valence-electron chi connectivity index (χ2n) is 7.61. The van der Waals surface area contributed by atoms with E-state index in [1.165, 1.54) is 16.7 Å². The summed E-state index contributed by atoms with van der Waals surface area (Å²) in [6, 6.07) is 14.9. The number of rotatable bonds is 8. The molecule has 0 aliphatic heterocycles. The molecule has 2 aromatic rings. The third-order valence-electron chi connectivity index (χ3n) is 4.21. The number of hydrogen-bond donors (Lipinski definition) is 2. The van der Waals surface area contributed by atoms with Gasteiger partial charge in [-0.15, -0.1) is 24.0 Å². The first-order valence-corrected chi connectivity index (χ1v) is 9.80. The summed E-state index contributed by atoms with van der Waals surface area (Å²) < 4.78 is 5.96. The molecule has 2 N–H and O–H groups in total. The fraction of sp³-hybridized carbons (Fsp3) is 0.435. The number of hydrogen-bond acceptors (Lipinski definition) is 3. The Labute approximate surface area is 193 Å². The summed E-state index contributed by atoms with van der Waals surface area (Å²) in [6.45, 7) is 8.49. The van der Waals surface area contributed by atoms with Crippen LogP contribution in [-0.2, 0) is 19.6 Å². The molecule has 0 aromatic heterocycles. The number of aryl methyl sites for hydroxylation is 1. The van der Waals surface area contributed by atoms with E-state index in [0.717, 1.165) is 30.4 Å². The monoisotopic (exact) mass is 510 g/mol. The van der Waals surface area contributed by atoms with Gasteiger partial charge in [-0.05, 0) is 57.6 Å². The molecule has 0 aliphatic rings. The quantitative estimate of drug-likeness (QED) is 0.316. The van der Waals surface area contributed by atoms with Crippen LogP contribution in [0.25, 0.3) is 0 Å². The highest BCUT2D eigenvalue weighted by atomic mass is 127. The third kappa shape index (κ3) is 9.04. The van der Waals surface area contributed by atoms with Crippen LogP contribution in [0.4, 0.5) is 0 Å². The van der Waals surface area contributed by atoms with Crippen molar-refractivity contribution in [2.75, 3.05) is 21.1 Å². The maximum absolute atomic E-state index is 5.96. The molecular weight excluding hydrogens is 475 g/mol. The van der Waals surface area contributed by atoms with Gasteiger partial charge in [-0.25, -0.2) is 0 Å². The van der Waals surface area contributed by atoms with Crippen LogP contribution >= 0.6 is 24.0 Å². The number of ether oxygens (including phenoxy) is 1. The van der Waals surface area contributed by atoms with E-state index < -0.39 is 0 Å². The van der Waals surface area contributed by atoms with E-state index in [1.807, 2.05) is 13.8 Å². The van der Waals surface area contributed by atoms with E-state index in [1.54, 1.807) is 7.05 Å². The Morgan fingerprint density at radius 2 is 1.72 bits per heavy atom. The van der Waals surface area contributed by atoms with Gasteiger partial charge in [-0.3, -0.25) is 4.99 Å². The number of aliphatic imine (C=N–C) groups is 1. The zero-order valence-corrected chi connectivity index (χ0v) is 20.8. The summed E-state index contributed by atoms with van der Waals surface area (Å²) in [5.74, 6) is 1.70. The molecule has 0 radical (unpaired) electrons. The fourth-order valence-electron chi connectivity index (χ4n) is 2.96. The number of halogens is 1. The summed E-state index contributed by atoms with van der Waals surface area (Å²) in [7, 11) is 5.95. The summed E-state index contributed by atoms with van der Waals surface area (Å²) >= 11 is 0. The first kappa shape index (κ1) is 25.2. The van der Waals surface area contributed by atoms with E-state index in [-0.39, 0.29) is 30.1 Å². The fourth-order valence-corrected chi connectivity index (χ4v) is 2.96. The Balaban J connectivity index is 0.00000420. The van der Waals surface area contributed by atoms with E-state index in [2.05, 4.69) is 84.0 Å². The molecule has 160 valence electrons. The van der Waals surface area contributed by atoms with Crippen molar-refractivity contribution in [1.82, 2.24) is 15.5 Å². The molecule has 0 saturated heterocycles. The molecule has 0 bridgehead atoms. The van der Waals surface area contributed by atoms with Crippen LogP contribution in [0, 0.1) is 6.92 Å². The largest absolute Gasteiger partial charge is 0.491 e. The predicted molar refractivity (Wildman–Crippen MR) is 133 cm³/mol. The minimum Gasteiger partial charge on any atom is -0.491 e. The number of benzene rings is 2. The zero-order valence-electron chi connectivity index (χ0n) is 18.5. The van der Waals surface area contributed by atoms with Crippen molar-refractivity contribution in [3.05, 3.63) is 64.7 Å². The molecule has 0 aliphatic carbocycles. The lowest BCUT2D eigenvalue weighted by atomic mass is 10.1. The molecule has 2 aromatic carbocycles. The van der Waals surface area contributed by atoms with Gasteiger partial charge in [-0.2, -0.15) is 0 Å². The Morgan fingerprint density at radius 1 is 1.03 bits per heavy atom. The van der Waals surface area contributed by atoms with Gasteiger partial charge in [0.05, 0.1) is 6.10 Å². The first-order valence-electron chi connectivity index (χ1n) is 9.80. The van der Waals surface area contributed by atoms with Crippen molar-refractivity contribution >= 4 is 29.9 Å². The molecule has 2 rings (SSSR count). The van der Waals surface area contributed by atoms with Crippen LogP contribution in [0.2, 0.25) is 0 Å². The van der Waals surface area contributed by atoms with Crippen molar-refractivity contribution in [1.29, 1.82) is 0 Å². The SMILES string of the molecule is CN=C(NCc1cccc(CN(C)C)c1)NCc1ccc(C)cc1OC(C)C.I. The molecular formula is C23H35IN4O. The van der Waals surface area contributed by atoms with Crippen molar-refractivity contribution in [2.24, 2.45) is 4.99 Å². The Kier molecular flexibility index (Phi) is 11.0. The molecule has 0 spiro atoms. The number of nitrogens with zero attached hydrogens (tertiary/aromatic N) is 2. The van der Waals surface area contributed by atoms with Gasteiger partial charge in [0.15, 0.2) is 5.96 Å². The highest BCUT2D eigenvalue weighted by molar-refractivity contribution is 14.0. The van der Waals surface area contributed by atoms with Gasteiger partial charge in [0.25, 0.3) is 0 Å².